The Hall–Kier alpha value is -3.26. The van der Waals surface area contributed by atoms with Gasteiger partial charge in [0, 0.05) is 0 Å². The molecule has 0 saturated carbocycles. The van der Waals surface area contributed by atoms with Gasteiger partial charge in [0.2, 0.25) is 0 Å². The van der Waals surface area contributed by atoms with Crippen molar-refractivity contribution in [3.05, 3.63) is 76.8 Å². The maximum atomic E-state index is 13.5. The molecule has 25 heavy (non-hydrogen) atoms. The molecule has 0 aliphatic carbocycles. The summed E-state index contributed by atoms with van der Waals surface area (Å²) in [5, 5.41) is 7.97. The van der Waals surface area contributed by atoms with Crippen LogP contribution in [0.4, 0.5) is 4.39 Å². The summed E-state index contributed by atoms with van der Waals surface area (Å²) in [6.07, 6.45) is 1.35. The average molecular weight is 360 g/mol. The lowest BCUT2D eigenvalue weighted by molar-refractivity contribution is 0.0841. The van der Waals surface area contributed by atoms with Crippen molar-refractivity contribution in [2.75, 3.05) is 0 Å². The Morgan fingerprint density at radius 2 is 1.68 bits per heavy atom. The number of halogens is 2. The summed E-state index contributed by atoms with van der Waals surface area (Å²) in [7, 11) is 0. The van der Waals surface area contributed by atoms with Crippen LogP contribution in [0.5, 0.6) is 0 Å². The molecule has 0 aliphatic rings. The maximum absolute atomic E-state index is 13.5. The highest BCUT2D eigenvalue weighted by Crippen LogP contribution is 2.18. The monoisotopic (exact) mass is 359 g/mol. The number of hydrazine groups is 1. The topological polar surface area (TPSA) is 88.9 Å². The van der Waals surface area contributed by atoms with E-state index in [2.05, 4.69) is 21.2 Å². The van der Waals surface area contributed by atoms with E-state index in [1.807, 2.05) is 0 Å². The summed E-state index contributed by atoms with van der Waals surface area (Å²) >= 11 is 6.05. The third-order valence-electron chi connectivity index (χ3n) is 3.23. The predicted octanol–water partition coefficient (Wildman–Crippen LogP) is 2.13. The SMILES string of the molecule is O=C(NNC(=O)c1ccccc1F)c1cn(-c2ccccc2Cl)nn1. The van der Waals surface area contributed by atoms with Crippen LogP contribution < -0.4 is 10.9 Å². The van der Waals surface area contributed by atoms with E-state index in [4.69, 9.17) is 11.6 Å². The minimum atomic E-state index is -0.787. The van der Waals surface area contributed by atoms with Crippen molar-refractivity contribution in [3.63, 3.8) is 0 Å². The molecule has 126 valence electrons. The van der Waals surface area contributed by atoms with Gasteiger partial charge in [-0.1, -0.05) is 41.1 Å². The molecule has 0 unspecified atom stereocenters. The van der Waals surface area contributed by atoms with Crippen LogP contribution in [0.3, 0.4) is 0 Å². The van der Waals surface area contributed by atoms with E-state index in [9.17, 15) is 14.0 Å². The fourth-order valence-electron chi connectivity index (χ4n) is 2.01. The molecule has 2 amide bonds. The van der Waals surface area contributed by atoms with Gasteiger partial charge in [0.1, 0.15) is 5.82 Å². The van der Waals surface area contributed by atoms with Crippen molar-refractivity contribution in [1.82, 2.24) is 25.8 Å². The Labute approximate surface area is 146 Å². The number of aromatic nitrogens is 3. The van der Waals surface area contributed by atoms with Crippen molar-refractivity contribution in [2.24, 2.45) is 0 Å². The molecule has 0 bridgehead atoms. The van der Waals surface area contributed by atoms with Gasteiger partial charge in [0.15, 0.2) is 5.69 Å². The minimum Gasteiger partial charge on any atom is -0.267 e. The van der Waals surface area contributed by atoms with Crippen LogP contribution in [-0.4, -0.2) is 26.8 Å². The fourth-order valence-corrected chi connectivity index (χ4v) is 2.24. The largest absolute Gasteiger partial charge is 0.291 e. The van der Waals surface area contributed by atoms with Gasteiger partial charge < -0.3 is 0 Å². The first-order valence-corrected chi connectivity index (χ1v) is 7.46. The zero-order valence-corrected chi connectivity index (χ0v) is 13.4. The Bertz CT molecular complexity index is 944. The number of hydrogen-bond donors (Lipinski definition) is 2. The van der Waals surface area contributed by atoms with Crippen LogP contribution in [0.2, 0.25) is 5.02 Å². The van der Waals surface area contributed by atoms with Crippen LogP contribution in [0, 0.1) is 5.82 Å². The van der Waals surface area contributed by atoms with Gasteiger partial charge in [0.25, 0.3) is 11.8 Å². The van der Waals surface area contributed by atoms with E-state index in [1.165, 1.54) is 29.1 Å². The Balaban J connectivity index is 1.68. The number of benzene rings is 2. The number of para-hydroxylation sites is 1. The van der Waals surface area contributed by atoms with E-state index < -0.39 is 17.6 Å². The first-order chi connectivity index (χ1) is 12.1. The molecule has 3 rings (SSSR count). The van der Waals surface area contributed by atoms with Gasteiger partial charge in [-0.15, -0.1) is 5.10 Å². The standard InChI is InChI=1S/C16H11ClFN5O2/c17-11-6-2-4-8-14(11)23-9-13(19-22-23)16(25)21-20-15(24)10-5-1-3-7-12(10)18/h1-9H,(H,20,24)(H,21,25). The van der Waals surface area contributed by atoms with Gasteiger partial charge in [-0.3, -0.25) is 20.4 Å². The Morgan fingerprint density at radius 3 is 2.44 bits per heavy atom. The molecular formula is C16H11ClFN5O2. The second-order valence-electron chi connectivity index (χ2n) is 4.89. The molecule has 0 spiro atoms. The van der Waals surface area contributed by atoms with Gasteiger partial charge >= 0.3 is 0 Å². The van der Waals surface area contributed by atoms with Crippen molar-refractivity contribution < 1.29 is 14.0 Å². The highest BCUT2D eigenvalue weighted by molar-refractivity contribution is 6.32. The fraction of sp³-hybridized carbons (Fsp3) is 0. The number of carbonyl (C=O) groups excluding carboxylic acids is 2. The van der Waals surface area contributed by atoms with Crippen LogP contribution in [0.15, 0.2) is 54.7 Å². The number of amides is 2. The lowest BCUT2D eigenvalue weighted by Gasteiger charge is -2.06. The van der Waals surface area contributed by atoms with Gasteiger partial charge in [-0.05, 0) is 24.3 Å². The molecule has 0 saturated heterocycles. The normalized spacial score (nSPS) is 10.3. The Morgan fingerprint density at radius 1 is 1.00 bits per heavy atom. The molecule has 7 nitrogen and oxygen atoms in total. The molecule has 9 heteroatoms. The highest BCUT2D eigenvalue weighted by Gasteiger charge is 2.15. The summed E-state index contributed by atoms with van der Waals surface area (Å²) in [5.41, 5.74) is 4.57. The van der Waals surface area contributed by atoms with Crippen LogP contribution in [0.1, 0.15) is 20.8 Å². The molecular weight excluding hydrogens is 349 g/mol. The predicted molar refractivity (Wildman–Crippen MR) is 87.7 cm³/mol. The molecule has 2 aromatic carbocycles. The lowest BCUT2D eigenvalue weighted by atomic mass is 10.2. The molecule has 1 aromatic heterocycles. The second kappa shape index (κ2) is 7.10. The molecule has 1 heterocycles. The van der Waals surface area contributed by atoms with Crippen LogP contribution in [0.25, 0.3) is 5.69 Å². The molecule has 3 aromatic rings. The second-order valence-corrected chi connectivity index (χ2v) is 5.30. The molecule has 0 atom stereocenters. The third-order valence-corrected chi connectivity index (χ3v) is 3.55. The number of rotatable bonds is 3. The number of nitrogens with zero attached hydrogens (tertiary/aromatic N) is 3. The number of carbonyl (C=O) groups is 2. The zero-order valence-electron chi connectivity index (χ0n) is 12.6. The van der Waals surface area contributed by atoms with E-state index >= 15 is 0 Å². The summed E-state index contributed by atoms with van der Waals surface area (Å²) in [4.78, 5) is 23.9. The van der Waals surface area contributed by atoms with E-state index in [-0.39, 0.29) is 11.3 Å². The van der Waals surface area contributed by atoms with Gasteiger partial charge in [0.05, 0.1) is 22.5 Å². The Kier molecular flexibility index (Phi) is 4.71. The van der Waals surface area contributed by atoms with E-state index in [0.29, 0.717) is 10.7 Å². The van der Waals surface area contributed by atoms with E-state index in [1.54, 1.807) is 24.3 Å². The lowest BCUT2D eigenvalue weighted by Crippen LogP contribution is -2.42. The summed E-state index contributed by atoms with van der Waals surface area (Å²) in [6.45, 7) is 0. The minimum absolute atomic E-state index is 0.0475. The van der Waals surface area contributed by atoms with E-state index in [0.717, 1.165) is 6.07 Å². The molecule has 0 radical (unpaired) electrons. The third kappa shape index (κ3) is 3.64. The first-order valence-electron chi connectivity index (χ1n) is 7.09. The van der Waals surface area contributed by atoms with Crippen molar-refractivity contribution >= 4 is 23.4 Å². The zero-order chi connectivity index (χ0) is 17.8. The molecule has 2 N–H and O–H groups in total. The smallest absolute Gasteiger partial charge is 0.267 e. The summed E-state index contributed by atoms with van der Waals surface area (Å²) in [5.74, 6) is -2.19. The van der Waals surface area contributed by atoms with Crippen LogP contribution in [-0.2, 0) is 0 Å². The van der Waals surface area contributed by atoms with Crippen molar-refractivity contribution in [3.8, 4) is 5.69 Å². The summed E-state index contributed by atoms with van der Waals surface area (Å²) in [6, 6.07) is 12.3. The number of hydrogen-bond acceptors (Lipinski definition) is 4. The summed E-state index contributed by atoms with van der Waals surface area (Å²) < 4.78 is 14.8. The van der Waals surface area contributed by atoms with Gasteiger partial charge in [-0.2, -0.15) is 0 Å². The van der Waals surface area contributed by atoms with Crippen molar-refractivity contribution in [2.45, 2.75) is 0 Å². The average Bonchev–Trinajstić information content (AvgIpc) is 3.10. The molecule has 0 aliphatic heterocycles. The quantitative estimate of drug-likeness (QED) is 0.701. The number of nitrogens with one attached hydrogen (secondary N) is 2. The first kappa shape index (κ1) is 16.6. The highest BCUT2D eigenvalue weighted by atomic mass is 35.5. The van der Waals surface area contributed by atoms with Crippen molar-refractivity contribution in [1.29, 1.82) is 0 Å². The van der Waals surface area contributed by atoms with Gasteiger partial charge in [-0.25, -0.2) is 9.07 Å². The maximum Gasteiger partial charge on any atom is 0.291 e. The molecule has 0 fully saturated rings. The van der Waals surface area contributed by atoms with Crippen LogP contribution >= 0.6 is 11.6 Å².